The van der Waals surface area contributed by atoms with E-state index < -0.39 is 16.0 Å². The first-order chi connectivity index (χ1) is 12.8. The maximum Gasteiger partial charge on any atom is 0.287 e. The predicted octanol–water partition coefficient (Wildman–Crippen LogP) is 1.90. The van der Waals surface area contributed by atoms with E-state index in [0.717, 1.165) is 22.5 Å². The van der Waals surface area contributed by atoms with Crippen LogP contribution in [0.5, 0.6) is 0 Å². The summed E-state index contributed by atoms with van der Waals surface area (Å²) in [4.78, 5) is 7.88. The van der Waals surface area contributed by atoms with Crippen LogP contribution in [0.25, 0.3) is 10.8 Å². The molecule has 2 aromatic heterocycles. The minimum absolute atomic E-state index is 0.170. The molecule has 0 fully saturated rings. The molecule has 0 aliphatic rings. The summed E-state index contributed by atoms with van der Waals surface area (Å²) in [6, 6.07) is 8.45. The van der Waals surface area contributed by atoms with Gasteiger partial charge >= 0.3 is 0 Å². The van der Waals surface area contributed by atoms with Crippen molar-refractivity contribution in [3.8, 4) is 0 Å². The van der Waals surface area contributed by atoms with Gasteiger partial charge in [0.1, 0.15) is 10.6 Å². The van der Waals surface area contributed by atoms with Crippen LogP contribution >= 0.6 is 0 Å². The third-order valence-electron chi connectivity index (χ3n) is 3.55. The van der Waals surface area contributed by atoms with E-state index in [4.69, 9.17) is 17.2 Å². The van der Waals surface area contributed by atoms with Crippen LogP contribution in [-0.4, -0.2) is 24.3 Å². The molecule has 0 saturated heterocycles. The molecule has 2 heterocycles. The van der Waals surface area contributed by atoms with E-state index in [1.54, 1.807) is 6.20 Å². The number of hydrogen-bond donors (Lipinski definition) is 3. The number of hydrogen-bond acceptors (Lipinski definition) is 7. The fourth-order valence-corrected chi connectivity index (χ4v) is 3.12. The summed E-state index contributed by atoms with van der Waals surface area (Å²) in [6.45, 7) is 1.95. The minimum Gasteiger partial charge on any atom is -0.382 e. The quantitative estimate of drug-likeness (QED) is 0.349. The van der Waals surface area contributed by atoms with E-state index in [2.05, 4.69) is 24.6 Å². The smallest absolute Gasteiger partial charge is 0.287 e. The van der Waals surface area contributed by atoms with Gasteiger partial charge in [-0.3, -0.25) is 0 Å². The van der Waals surface area contributed by atoms with Gasteiger partial charge < -0.3 is 17.2 Å². The zero-order valence-electron chi connectivity index (χ0n) is 14.2. The highest BCUT2D eigenvalue weighted by atomic mass is 32.2. The topological polar surface area (TPSA) is 175 Å². The number of benzene rings is 1. The Morgan fingerprint density at radius 2 is 1.81 bits per heavy atom. The first-order valence-electron chi connectivity index (χ1n) is 7.65. The average Bonchev–Trinajstić information content (AvgIpc) is 2.60. The standard InChI is InChI=1S/C16H16N8O2S/c1-9-2-3-10-7-21-15(17)14(12(10)6-9)23-22-13-5-4-11(8-20-13)27(25,26)24-16(18)19/h2-8H,1H3,(H2,17,21)(H4,18,19,24). The van der Waals surface area contributed by atoms with Crippen molar-refractivity contribution in [2.45, 2.75) is 11.8 Å². The van der Waals surface area contributed by atoms with Gasteiger partial charge in [0.2, 0.25) is 5.96 Å². The SMILES string of the molecule is Cc1ccc2cnc(N)c(N=Nc3ccc(S(=O)(=O)N=C(N)N)cn3)c2c1. The maximum absolute atomic E-state index is 11.9. The van der Waals surface area contributed by atoms with Gasteiger partial charge in [-0.2, -0.15) is 8.42 Å². The Morgan fingerprint density at radius 3 is 2.48 bits per heavy atom. The van der Waals surface area contributed by atoms with Crippen molar-refractivity contribution < 1.29 is 8.42 Å². The molecule has 0 amide bonds. The molecule has 0 radical (unpaired) electrons. The van der Waals surface area contributed by atoms with Crippen molar-refractivity contribution in [1.82, 2.24) is 9.97 Å². The van der Waals surface area contributed by atoms with Crippen molar-refractivity contribution in [2.75, 3.05) is 5.73 Å². The average molecular weight is 384 g/mol. The third kappa shape index (κ3) is 3.98. The third-order valence-corrected chi connectivity index (χ3v) is 4.83. The Bertz CT molecular complexity index is 1160. The van der Waals surface area contributed by atoms with Gasteiger partial charge in [-0.05, 0) is 25.1 Å². The number of fused-ring (bicyclic) bond motifs is 1. The number of guanidine groups is 1. The van der Waals surface area contributed by atoms with Gasteiger partial charge in [-0.25, -0.2) is 9.97 Å². The number of nitrogens with zero attached hydrogens (tertiary/aromatic N) is 5. The highest BCUT2D eigenvalue weighted by Gasteiger charge is 2.13. The molecular weight excluding hydrogens is 368 g/mol. The second-order valence-corrected chi connectivity index (χ2v) is 7.23. The normalized spacial score (nSPS) is 11.7. The largest absolute Gasteiger partial charge is 0.382 e. The number of rotatable bonds is 4. The van der Waals surface area contributed by atoms with Gasteiger partial charge in [0.25, 0.3) is 10.0 Å². The number of pyridine rings is 2. The summed E-state index contributed by atoms with van der Waals surface area (Å²) in [5.74, 6) is -0.153. The highest BCUT2D eigenvalue weighted by molar-refractivity contribution is 7.90. The zero-order valence-corrected chi connectivity index (χ0v) is 15.1. The Hall–Kier alpha value is -3.60. The fraction of sp³-hybridized carbons (Fsp3) is 0.0625. The van der Waals surface area contributed by atoms with Crippen LogP contribution in [0, 0.1) is 6.92 Å². The maximum atomic E-state index is 11.9. The molecular formula is C16H16N8O2S. The second kappa shape index (κ2) is 6.96. The van der Waals surface area contributed by atoms with Crippen molar-refractivity contribution in [3.05, 3.63) is 48.3 Å². The van der Waals surface area contributed by atoms with Gasteiger partial charge in [-0.1, -0.05) is 17.7 Å². The van der Waals surface area contributed by atoms with Crippen LogP contribution in [0.3, 0.4) is 0 Å². The first kappa shape index (κ1) is 18.2. The molecule has 0 saturated carbocycles. The van der Waals surface area contributed by atoms with Crippen molar-refractivity contribution in [1.29, 1.82) is 0 Å². The van der Waals surface area contributed by atoms with Gasteiger partial charge in [0, 0.05) is 17.0 Å². The highest BCUT2D eigenvalue weighted by Crippen LogP contribution is 2.32. The molecule has 0 bridgehead atoms. The van der Waals surface area contributed by atoms with E-state index in [-0.39, 0.29) is 16.5 Å². The van der Waals surface area contributed by atoms with Crippen molar-refractivity contribution in [3.63, 3.8) is 0 Å². The van der Waals surface area contributed by atoms with Gasteiger partial charge in [-0.15, -0.1) is 14.6 Å². The van der Waals surface area contributed by atoms with Crippen LogP contribution in [0.2, 0.25) is 0 Å². The number of nitrogens with two attached hydrogens (primary N) is 3. The monoisotopic (exact) mass is 384 g/mol. The van der Waals surface area contributed by atoms with Crippen LogP contribution in [0.4, 0.5) is 17.3 Å². The molecule has 138 valence electrons. The van der Waals surface area contributed by atoms with E-state index in [1.165, 1.54) is 12.1 Å². The van der Waals surface area contributed by atoms with E-state index in [0.29, 0.717) is 5.69 Å². The summed E-state index contributed by atoms with van der Waals surface area (Å²) < 4.78 is 27.0. The summed E-state index contributed by atoms with van der Waals surface area (Å²) in [6.07, 6.45) is 2.75. The molecule has 0 aliphatic heterocycles. The number of aromatic nitrogens is 2. The van der Waals surface area contributed by atoms with Crippen LogP contribution < -0.4 is 17.2 Å². The molecule has 1 aromatic carbocycles. The van der Waals surface area contributed by atoms with Crippen molar-refractivity contribution >= 4 is 44.1 Å². The molecule has 3 rings (SSSR count). The first-order valence-corrected chi connectivity index (χ1v) is 9.09. The summed E-state index contributed by atoms with van der Waals surface area (Å²) in [7, 11) is -4.01. The predicted molar refractivity (Wildman–Crippen MR) is 102 cm³/mol. The van der Waals surface area contributed by atoms with E-state index in [1.807, 2.05) is 25.1 Å². The molecule has 10 nitrogen and oxygen atoms in total. The summed E-state index contributed by atoms with van der Waals surface area (Å²) >= 11 is 0. The lowest BCUT2D eigenvalue weighted by atomic mass is 10.1. The molecule has 0 unspecified atom stereocenters. The summed E-state index contributed by atoms with van der Waals surface area (Å²) in [5, 5.41) is 9.83. The molecule has 6 N–H and O–H groups in total. The number of azo groups is 1. The lowest BCUT2D eigenvalue weighted by Crippen LogP contribution is -2.24. The van der Waals surface area contributed by atoms with Crippen molar-refractivity contribution in [2.24, 2.45) is 26.1 Å². The van der Waals surface area contributed by atoms with E-state index >= 15 is 0 Å². The lowest BCUT2D eigenvalue weighted by molar-refractivity contribution is 0.597. The Morgan fingerprint density at radius 1 is 1.04 bits per heavy atom. The number of nitrogen functional groups attached to an aromatic ring is 1. The second-order valence-electron chi connectivity index (χ2n) is 5.63. The zero-order chi connectivity index (χ0) is 19.6. The minimum atomic E-state index is -4.01. The van der Waals surface area contributed by atoms with Crippen LogP contribution in [0.15, 0.2) is 62.2 Å². The molecule has 0 atom stereocenters. The van der Waals surface area contributed by atoms with Gasteiger partial charge in [0.05, 0.1) is 6.20 Å². The molecule has 3 aromatic rings. The Balaban J connectivity index is 1.96. The van der Waals surface area contributed by atoms with E-state index in [9.17, 15) is 8.42 Å². The molecule has 0 aliphatic carbocycles. The molecule has 27 heavy (non-hydrogen) atoms. The Kier molecular flexibility index (Phi) is 4.69. The van der Waals surface area contributed by atoms with Crippen LogP contribution in [-0.2, 0) is 10.0 Å². The number of sulfonamides is 1. The lowest BCUT2D eigenvalue weighted by Gasteiger charge is -2.05. The van der Waals surface area contributed by atoms with Crippen LogP contribution in [0.1, 0.15) is 5.56 Å². The number of anilines is 1. The summed E-state index contributed by atoms with van der Waals surface area (Å²) in [5.41, 5.74) is 17.6. The molecule has 11 heteroatoms. The number of aryl methyl sites for hydroxylation is 1. The Labute approximate surface area is 154 Å². The molecule has 0 spiro atoms. The fourth-order valence-electron chi connectivity index (χ4n) is 2.31. The van der Waals surface area contributed by atoms with Gasteiger partial charge in [0.15, 0.2) is 11.6 Å².